The van der Waals surface area contributed by atoms with Gasteiger partial charge in [-0.05, 0) is 12.1 Å². The van der Waals surface area contributed by atoms with E-state index in [0.717, 1.165) is 17.0 Å². The van der Waals surface area contributed by atoms with E-state index in [2.05, 4.69) is 20.5 Å². The second kappa shape index (κ2) is 4.01. The first-order chi connectivity index (χ1) is 6.84. The number of hydrogen-bond donors (Lipinski definition) is 2. The highest BCUT2D eigenvalue weighted by atomic mass is 32.1. The smallest absolute Gasteiger partial charge is 0.304 e. The Morgan fingerprint density at radius 2 is 2.50 bits per heavy atom. The van der Waals surface area contributed by atoms with E-state index < -0.39 is 0 Å². The third-order valence-corrected chi connectivity index (χ3v) is 2.32. The van der Waals surface area contributed by atoms with E-state index in [0.29, 0.717) is 12.4 Å². The normalized spacial score (nSPS) is 10.0. The van der Waals surface area contributed by atoms with E-state index in [9.17, 15) is 4.79 Å². The molecule has 72 valence electrons. The van der Waals surface area contributed by atoms with Crippen molar-refractivity contribution in [3.05, 3.63) is 39.1 Å². The van der Waals surface area contributed by atoms with Crippen LogP contribution in [0.4, 0.5) is 5.82 Å². The van der Waals surface area contributed by atoms with Gasteiger partial charge in [0.2, 0.25) is 0 Å². The van der Waals surface area contributed by atoms with E-state index in [4.69, 9.17) is 0 Å². The molecule has 0 aliphatic heterocycles. The van der Waals surface area contributed by atoms with Crippen molar-refractivity contribution in [3.8, 4) is 0 Å². The van der Waals surface area contributed by atoms with E-state index in [1.165, 1.54) is 0 Å². The van der Waals surface area contributed by atoms with Gasteiger partial charge in [-0.2, -0.15) is 5.10 Å². The fraction of sp³-hybridized carbons (Fsp3) is 0.125. The van der Waals surface area contributed by atoms with Gasteiger partial charge in [-0.1, -0.05) is 11.3 Å². The Morgan fingerprint density at radius 1 is 1.57 bits per heavy atom. The van der Waals surface area contributed by atoms with Gasteiger partial charge in [0.15, 0.2) is 0 Å². The molecule has 0 atom stereocenters. The van der Waals surface area contributed by atoms with Gasteiger partial charge in [0.05, 0.1) is 6.54 Å². The van der Waals surface area contributed by atoms with Crippen molar-refractivity contribution in [3.63, 3.8) is 0 Å². The zero-order valence-electron chi connectivity index (χ0n) is 7.23. The summed E-state index contributed by atoms with van der Waals surface area (Å²) >= 11 is 1.15. The molecule has 2 heterocycles. The summed E-state index contributed by atoms with van der Waals surface area (Å²) in [7, 11) is 0. The molecule has 2 aromatic rings. The van der Waals surface area contributed by atoms with E-state index >= 15 is 0 Å². The van der Waals surface area contributed by atoms with Crippen molar-refractivity contribution in [2.24, 2.45) is 0 Å². The van der Waals surface area contributed by atoms with Crippen LogP contribution in [0.5, 0.6) is 0 Å². The Kier molecular flexibility index (Phi) is 2.55. The summed E-state index contributed by atoms with van der Waals surface area (Å²) in [5.74, 6) is 0.694. The minimum atomic E-state index is -0.0408. The van der Waals surface area contributed by atoms with Crippen LogP contribution in [0.15, 0.2) is 28.5 Å². The first-order valence-corrected chi connectivity index (χ1v) is 4.91. The number of nitrogens with one attached hydrogen (secondary N) is 2. The van der Waals surface area contributed by atoms with Gasteiger partial charge >= 0.3 is 4.87 Å². The predicted molar refractivity (Wildman–Crippen MR) is 54.3 cm³/mol. The average Bonchev–Trinajstić information content (AvgIpc) is 2.63. The van der Waals surface area contributed by atoms with Crippen LogP contribution >= 0.6 is 11.3 Å². The van der Waals surface area contributed by atoms with Crippen LogP contribution in [0.2, 0.25) is 0 Å². The van der Waals surface area contributed by atoms with Crippen LogP contribution in [-0.2, 0) is 6.54 Å². The fourth-order valence-electron chi connectivity index (χ4n) is 0.982. The molecule has 2 rings (SSSR count). The van der Waals surface area contributed by atoms with Crippen molar-refractivity contribution in [1.82, 2.24) is 15.2 Å². The molecule has 2 N–H and O–H groups in total. The summed E-state index contributed by atoms with van der Waals surface area (Å²) in [5.41, 5.74) is 0.852. The molecule has 0 aliphatic carbocycles. The van der Waals surface area contributed by atoms with Crippen molar-refractivity contribution in [2.75, 3.05) is 5.32 Å². The van der Waals surface area contributed by atoms with Gasteiger partial charge in [-0.25, -0.2) is 0 Å². The third kappa shape index (κ3) is 2.17. The van der Waals surface area contributed by atoms with Crippen molar-refractivity contribution >= 4 is 17.2 Å². The molecule has 0 unspecified atom stereocenters. The monoisotopic (exact) mass is 208 g/mol. The summed E-state index contributed by atoms with van der Waals surface area (Å²) < 4.78 is 0. The molecule has 0 saturated carbocycles. The number of H-pyrrole nitrogens is 1. The molecule has 0 aliphatic rings. The molecule has 0 amide bonds. The van der Waals surface area contributed by atoms with Crippen LogP contribution in [0.3, 0.4) is 0 Å². The lowest BCUT2D eigenvalue weighted by Crippen LogP contribution is -2.04. The SMILES string of the molecule is O=c1[nH]c(CNc2cccnn2)cs1. The van der Waals surface area contributed by atoms with Crippen molar-refractivity contribution in [1.29, 1.82) is 0 Å². The van der Waals surface area contributed by atoms with Gasteiger partial charge in [-0.15, -0.1) is 5.10 Å². The minimum Gasteiger partial charge on any atom is -0.363 e. The highest BCUT2D eigenvalue weighted by Gasteiger charge is 1.96. The molecule has 2 aromatic heterocycles. The number of hydrogen-bond acceptors (Lipinski definition) is 5. The van der Waals surface area contributed by atoms with Gasteiger partial charge in [0.25, 0.3) is 0 Å². The Hall–Kier alpha value is -1.69. The van der Waals surface area contributed by atoms with E-state index in [-0.39, 0.29) is 4.87 Å². The molecule has 0 aromatic carbocycles. The quantitative estimate of drug-likeness (QED) is 0.784. The molecule has 0 fully saturated rings. The topological polar surface area (TPSA) is 70.7 Å². The maximum Gasteiger partial charge on any atom is 0.304 e. The third-order valence-electron chi connectivity index (χ3n) is 1.60. The van der Waals surface area contributed by atoms with Crippen molar-refractivity contribution < 1.29 is 0 Å². The molecule has 0 radical (unpaired) electrons. The van der Waals surface area contributed by atoms with E-state index in [1.54, 1.807) is 17.6 Å². The lowest BCUT2D eigenvalue weighted by atomic mass is 10.4. The highest BCUT2D eigenvalue weighted by Crippen LogP contribution is 2.02. The second-order valence-corrected chi connectivity index (χ2v) is 3.48. The molecule has 0 spiro atoms. The molecule has 0 bridgehead atoms. The minimum absolute atomic E-state index is 0.0408. The Bertz CT molecular complexity index is 450. The summed E-state index contributed by atoms with van der Waals surface area (Å²) in [5, 5.41) is 12.4. The number of anilines is 1. The van der Waals surface area contributed by atoms with Crippen LogP contribution in [-0.4, -0.2) is 15.2 Å². The number of aromatic nitrogens is 3. The maximum absolute atomic E-state index is 10.8. The largest absolute Gasteiger partial charge is 0.363 e. The Morgan fingerprint density at radius 3 is 3.14 bits per heavy atom. The molecular formula is C8H8N4OS. The van der Waals surface area contributed by atoms with Gasteiger partial charge < -0.3 is 10.3 Å². The first kappa shape index (κ1) is 8.89. The van der Waals surface area contributed by atoms with Gasteiger partial charge in [0.1, 0.15) is 5.82 Å². The highest BCUT2D eigenvalue weighted by molar-refractivity contribution is 7.07. The van der Waals surface area contributed by atoms with Crippen molar-refractivity contribution in [2.45, 2.75) is 6.54 Å². The summed E-state index contributed by atoms with van der Waals surface area (Å²) in [6.45, 7) is 0.553. The van der Waals surface area contributed by atoms with E-state index in [1.807, 2.05) is 6.07 Å². The van der Waals surface area contributed by atoms with Gasteiger partial charge in [-0.3, -0.25) is 4.79 Å². The van der Waals surface area contributed by atoms with Crippen LogP contribution in [0.1, 0.15) is 5.69 Å². The fourth-order valence-corrected chi connectivity index (χ4v) is 1.56. The molecule has 0 saturated heterocycles. The molecule has 5 nitrogen and oxygen atoms in total. The van der Waals surface area contributed by atoms with Crippen LogP contribution < -0.4 is 10.2 Å². The standard InChI is InChI=1S/C8H8N4OS/c13-8-11-6(5-14-8)4-9-7-2-1-3-10-12-7/h1-3,5H,4H2,(H,9,12)(H,11,13). The van der Waals surface area contributed by atoms with Crippen LogP contribution in [0.25, 0.3) is 0 Å². The molecular weight excluding hydrogens is 200 g/mol. The first-order valence-electron chi connectivity index (χ1n) is 4.03. The lowest BCUT2D eigenvalue weighted by molar-refractivity contribution is 0.982. The molecule has 14 heavy (non-hydrogen) atoms. The number of aromatic amines is 1. The second-order valence-electron chi connectivity index (χ2n) is 2.64. The maximum atomic E-state index is 10.8. The average molecular weight is 208 g/mol. The summed E-state index contributed by atoms with van der Waals surface area (Å²) in [4.78, 5) is 13.5. The zero-order chi connectivity index (χ0) is 9.80. The molecule has 6 heteroatoms. The summed E-state index contributed by atoms with van der Waals surface area (Å²) in [6.07, 6.45) is 1.61. The lowest BCUT2D eigenvalue weighted by Gasteiger charge is -2.00. The Balaban J connectivity index is 1.98. The van der Waals surface area contributed by atoms with Gasteiger partial charge in [0, 0.05) is 17.3 Å². The number of nitrogens with zero attached hydrogens (tertiary/aromatic N) is 2. The predicted octanol–water partition coefficient (Wildman–Crippen LogP) is 0.839. The number of rotatable bonds is 3. The Labute approximate surface area is 83.8 Å². The zero-order valence-corrected chi connectivity index (χ0v) is 8.04. The summed E-state index contributed by atoms with van der Waals surface area (Å²) in [6, 6.07) is 3.61. The number of thiazole rings is 1. The van der Waals surface area contributed by atoms with Crippen LogP contribution in [0, 0.1) is 0 Å².